The van der Waals surface area contributed by atoms with Crippen molar-refractivity contribution in [2.45, 2.75) is 97.8 Å². The van der Waals surface area contributed by atoms with Crippen molar-refractivity contribution in [3.05, 3.63) is 29.3 Å². The molecule has 1 rings (SSSR count). The van der Waals surface area contributed by atoms with E-state index >= 15 is 0 Å². The van der Waals surface area contributed by atoms with Gasteiger partial charge in [-0.2, -0.15) is 0 Å². The zero-order valence-corrected chi connectivity index (χ0v) is 20.1. The van der Waals surface area contributed by atoms with Crippen LogP contribution in [0.25, 0.3) is 0 Å². The van der Waals surface area contributed by atoms with E-state index in [2.05, 4.69) is 31.4 Å². The number of amides is 2. The third kappa shape index (κ3) is 11.8. The van der Waals surface area contributed by atoms with Crippen LogP contribution in [-0.2, 0) is 0 Å². The molecule has 0 unspecified atom stereocenters. The Bertz CT molecular complexity index is 631. The molecule has 5 heteroatoms. The maximum Gasteiger partial charge on any atom is 0.255 e. The highest BCUT2D eigenvalue weighted by Gasteiger charge is 2.16. The van der Waals surface area contributed by atoms with E-state index in [1.807, 2.05) is 0 Å². The molecular formula is C26H44N2O3. The van der Waals surface area contributed by atoms with Crippen LogP contribution in [0.4, 0.5) is 0 Å². The lowest BCUT2D eigenvalue weighted by molar-refractivity contribution is 0.0937. The standard InChI is InChI=1S/C26H44N2O3/c1-4-7-10-13-18-27-25(29)22-16-17-23(26(30)28-19-14-11-8-5-2)24(21-22)31-20-15-12-9-6-3/h16-17,21H,4-15,18-20H2,1-3H3,(H,27,29)(H,28,30). The van der Waals surface area contributed by atoms with Crippen LogP contribution < -0.4 is 15.4 Å². The van der Waals surface area contributed by atoms with Gasteiger partial charge in [0.15, 0.2) is 0 Å². The predicted octanol–water partition coefficient (Wildman–Crippen LogP) is 6.27. The molecule has 0 fully saturated rings. The highest BCUT2D eigenvalue weighted by Crippen LogP contribution is 2.22. The Balaban J connectivity index is 2.73. The summed E-state index contributed by atoms with van der Waals surface area (Å²) in [7, 11) is 0. The van der Waals surface area contributed by atoms with Gasteiger partial charge >= 0.3 is 0 Å². The molecule has 2 N–H and O–H groups in total. The van der Waals surface area contributed by atoms with E-state index in [0.29, 0.717) is 36.6 Å². The van der Waals surface area contributed by atoms with Crippen LogP contribution in [0.5, 0.6) is 5.75 Å². The van der Waals surface area contributed by atoms with Crippen molar-refractivity contribution in [3.63, 3.8) is 0 Å². The normalized spacial score (nSPS) is 10.7. The molecule has 5 nitrogen and oxygen atoms in total. The maximum absolute atomic E-state index is 12.7. The Morgan fingerprint density at radius 3 is 1.84 bits per heavy atom. The lowest BCUT2D eigenvalue weighted by Gasteiger charge is -2.14. The van der Waals surface area contributed by atoms with Gasteiger partial charge in [0.25, 0.3) is 11.8 Å². The second-order valence-corrected chi connectivity index (χ2v) is 8.25. The number of ether oxygens (including phenoxy) is 1. The summed E-state index contributed by atoms with van der Waals surface area (Å²) in [6, 6.07) is 5.15. The van der Waals surface area contributed by atoms with Gasteiger partial charge in [-0.3, -0.25) is 9.59 Å². The van der Waals surface area contributed by atoms with Gasteiger partial charge in [0.1, 0.15) is 5.75 Å². The predicted molar refractivity (Wildman–Crippen MR) is 129 cm³/mol. The van der Waals surface area contributed by atoms with E-state index in [0.717, 1.165) is 38.5 Å². The Hall–Kier alpha value is -2.04. The summed E-state index contributed by atoms with van der Waals surface area (Å²) >= 11 is 0. The molecule has 1 aromatic carbocycles. The monoisotopic (exact) mass is 432 g/mol. The van der Waals surface area contributed by atoms with Gasteiger partial charge in [-0.05, 0) is 37.5 Å². The second-order valence-electron chi connectivity index (χ2n) is 8.25. The fraction of sp³-hybridized carbons (Fsp3) is 0.692. The fourth-order valence-electron chi connectivity index (χ4n) is 3.39. The zero-order chi connectivity index (χ0) is 22.7. The molecule has 0 saturated carbocycles. The summed E-state index contributed by atoms with van der Waals surface area (Å²) in [6.07, 6.45) is 13.3. The van der Waals surface area contributed by atoms with Gasteiger partial charge < -0.3 is 15.4 Å². The Morgan fingerprint density at radius 1 is 0.710 bits per heavy atom. The first-order valence-corrected chi connectivity index (χ1v) is 12.5. The van der Waals surface area contributed by atoms with Crippen LogP contribution in [0.3, 0.4) is 0 Å². The van der Waals surface area contributed by atoms with Crippen molar-refractivity contribution in [2.24, 2.45) is 0 Å². The molecule has 0 aliphatic carbocycles. The highest BCUT2D eigenvalue weighted by molar-refractivity contribution is 6.00. The maximum atomic E-state index is 12.7. The molecule has 31 heavy (non-hydrogen) atoms. The summed E-state index contributed by atoms with van der Waals surface area (Å²) in [6.45, 7) is 8.41. The lowest BCUT2D eigenvalue weighted by Crippen LogP contribution is -2.26. The van der Waals surface area contributed by atoms with Gasteiger partial charge in [0.05, 0.1) is 12.2 Å². The first-order chi connectivity index (χ1) is 15.1. The molecule has 1 aromatic rings. The first-order valence-electron chi connectivity index (χ1n) is 12.5. The topological polar surface area (TPSA) is 67.4 Å². The molecule has 0 saturated heterocycles. The first kappa shape index (κ1) is 27.0. The number of nitrogens with one attached hydrogen (secondary N) is 2. The molecule has 0 heterocycles. The van der Waals surface area contributed by atoms with Crippen LogP contribution in [0.15, 0.2) is 18.2 Å². The Morgan fingerprint density at radius 2 is 1.26 bits per heavy atom. The van der Waals surface area contributed by atoms with E-state index in [9.17, 15) is 9.59 Å². The molecule has 0 aromatic heterocycles. The second kappa shape index (κ2) is 17.6. The quantitative estimate of drug-likeness (QED) is 0.269. The Labute approximate surface area is 189 Å². The third-order valence-electron chi connectivity index (χ3n) is 5.38. The number of hydrogen-bond donors (Lipinski definition) is 2. The summed E-state index contributed by atoms with van der Waals surface area (Å²) < 4.78 is 5.96. The lowest BCUT2D eigenvalue weighted by atomic mass is 10.1. The molecule has 0 bridgehead atoms. The Kier molecular flexibility index (Phi) is 15.3. The minimum atomic E-state index is -0.133. The number of unbranched alkanes of at least 4 members (excludes halogenated alkanes) is 9. The summed E-state index contributed by atoms with van der Waals surface area (Å²) in [5.74, 6) is 0.256. The summed E-state index contributed by atoms with van der Waals surface area (Å²) in [5.41, 5.74) is 1.05. The van der Waals surface area contributed by atoms with Crippen molar-refractivity contribution in [2.75, 3.05) is 19.7 Å². The van der Waals surface area contributed by atoms with E-state index in [-0.39, 0.29) is 11.8 Å². The molecule has 0 aliphatic rings. The largest absolute Gasteiger partial charge is 0.493 e. The van der Waals surface area contributed by atoms with Crippen LogP contribution >= 0.6 is 0 Å². The average Bonchev–Trinajstić information content (AvgIpc) is 2.78. The molecule has 0 spiro atoms. The van der Waals surface area contributed by atoms with Crippen LogP contribution in [0.1, 0.15) is 119 Å². The van der Waals surface area contributed by atoms with Gasteiger partial charge in [-0.1, -0.05) is 78.6 Å². The molecule has 0 atom stereocenters. The third-order valence-corrected chi connectivity index (χ3v) is 5.38. The summed E-state index contributed by atoms with van der Waals surface area (Å²) in [5, 5.41) is 5.97. The molecule has 0 radical (unpaired) electrons. The van der Waals surface area contributed by atoms with E-state index in [1.165, 1.54) is 38.5 Å². The van der Waals surface area contributed by atoms with Gasteiger partial charge in [0.2, 0.25) is 0 Å². The summed E-state index contributed by atoms with van der Waals surface area (Å²) in [4.78, 5) is 25.2. The van der Waals surface area contributed by atoms with Gasteiger partial charge in [-0.15, -0.1) is 0 Å². The average molecular weight is 433 g/mol. The van der Waals surface area contributed by atoms with E-state index < -0.39 is 0 Å². The molecular weight excluding hydrogens is 388 g/mol. The fourth-order valence-corrected chi connectivity index (χ4v) is 3.39. The van der Waals surface area contributed by atoms with Crippen molar-refractivity contribution >= 4 is 11.8 Å². The number of benzene rings is 1. The minimum absolute atomic E-state index is 0.112. The van der Waals surface area contributed by atoms with Gasteiger partial charge in [0, 0.05) is 18.7 Å². The van der Waals surface area contributed by atoms with Gasteiger partial charge in [-0.25, -0.2) is 0 Å². The van der Waals surface area contributed by atoms with Crippen molar-refractivity contribution < 1.29 is 14.3 Å². The van der Waals surface area contributed by atoms with Crippen LogP contribution in [0, 0.1) is 0 Å². The number of carbonyl (C=O) groups is 2. The van der Waals surface area contributed by atoms with Crippen LogP contribution in [-0.4, -0.2) is 31.5 Å². The van der Waals surface area contributed by atoms with Crippen molar-refractivity contribution in [1.82, 2.24) is 10.6 Å². The zero-order valence-electron chi connectivity index (χ0n) is 20.1. The van der Waals surface area contributed by atoms with Crippen molar-refractivity contribution in [3.8, 4) is 5.75 Å². The van der Waals surface area contributed by atoms with Crippen molar-refractivity contribution in [1.29, 1.82) is 0 Å². The SMILES string of the molecule is CCCCCCNC(=O)c1ccc(C(=O)NCCCCCC)c(OCCCCCC)c1. The molecule has 2 amide bonds. The highest BCUT2D eigenvalue weighted by atomic mass is 16.5. The van der Waals surface area contributed by atoms with E-state index in [4.69, 9.17) is 4.74 Å². The molecule has 176 valence electrons. The number of hydrogen-bond acceptors (Lipinski definition) is 3. The number of carbonyl (C=O) groups excluding carboxylic acids is 2. The molecule has 0 aliphatic heterocycles. The van der Waals surface area contributed by atoms with E-state index in [1.54, 1.807) is 18.2 Å². The number of rotatable bonds is 18. The minimum Gasteiger partial charge on any atom is -0.493 e. The van der Waals surface area contributed by atoms with Crippen LogP contribution in [0.2, 0.25) is 0 Å². The smallest absolute Gasteiger partial charge is 0.255 e.